The second-order valence-electron chi connectivity index (χ2n) is 6.59. The van der Waals surface area contributed by atoms with Crippen LogP contribution in [0.3, 0.4) is 0 Å². The van der Waals surface area contributed by atoms with E-state index < -0.39 is 29.1 Å². The van der Waals surface area contributed by atoms with Gasteiger partial charge in [-0.3, -0.25) is 0 Å². The van der Waals surface area contributed by atoms with Crippen LogP contribution in [0.15, 0.2) is 42.5 Å². The lowest BCUT2D eigenvalue weighted by Gasteiger charge is -2.20. The summed E-state index contributed by atoms with van der Waals surface area (Å²) in [5, 5.41) is 2.50. The molecular formula is C18H19F3N2O3. The summed E-state index contributed by atoms with van der Waals surface area (Å²) in [6.07, 6.45) is -5.54. The third-order valence-corrected chi connectivity index (χ3v) is 3.05. The number of nitrogen functional groups attached to an aromatic ring is 1. The average molecular weight is 368 g/mol. The van der Waals surface area contributed by atoms with E-state index in [1.807, 2.05) is 0 Å². The fourth-order valence-electron chi connectivity index (χ4n) is 1.98. The van der Waals surface area contributed by atoms with Crippen molar-refractivity contribution in [3.8, 4) is 17.2 Å². The smallest absolute Gasteiger partial charge is 0.420 e. The molecule has 0 radical (unpaired) electrons. The molecule has 0 aliphatic heterocycles. The van der Waals surface area contributed by atoms with Crippen molar-refractivity contribution >= 4 is 11.8 Å². The van der Waals surface area contributed by atoms with E-state index in [0.29, 0.717) is 5.69 Å². The SMILES string of the molecule is CC(C)(C)NC(=O)Oc1ccc(Oc2ccc(N)cc2)c(C(F)(F)F)c1. The van der Waals surface area contributed by atoms with E-state index in [0.717, 1.165) is 12.1 Å². The highest BCUT2D eigenvalue weighted by Crippen LogP contribution is 2.40. The number of rotatable bonds is 3. The molecule has 140 valence electrons. The first-order valence-corrected chi connectivity index (χ1v) is 7.69. The van der Waals surface area contributed by atoms with Gasteiger partial charge in [0, 0.05) is 11.2 Å². The first-order valence-electron chi connectivity index (χ1n) is 7.69. The van der Waals surface area contributed by atoms with Gasteiger partial charge in [-0.1, -0.05) is 0 Å². The van der Waals surface area contributed by atoms with E-state index in [1.165, 1.54) is 30.3 Å². The maximum Gasteiger partial charge on any atom is 0.420 e. The molecule has 2 rings (SSSR count). The molecule has 5 nitrogen and oxygen atoms in total. The van der Waals surface area contributed by atoms with Crippen molar-refractivity contribution in [3.05, 3.63) is 48.0 Å². The van der Waals surface area contributed by atoms with E-state index >= 15 is 0 Å². The van der Waals surface area contributed by atoms with Gasteiger partial charge in [0.05, 0.1) is 0 Å². The number of carbonyl (C=O) groups excluding carboxylic acids is 1. The maximum absolute atomic E-state index is 13.3. The molecule has 8 heteroatoms. The van der Waals surface area contributed by atoms with Gasteiger partial charge in [0.15, 0.2) is 0 Å². The Bertz CT molecular complexity index is 782. The van der Waals surface area contributed by atoms with Crippen molar-refractivity contribution in [2.75, 3.05) is 5.73 Å². The highest BCUT2D eigenvalue weighted by atomic mass is 19.4. The van der Waals surface area contributed by atoms with Crippen LogP contribution in [-0.2, 0) is 6.18 Å². The Hall–Kier alpha value is -2.90. The molecule has 3 N–H and O–H groups in total. The van der Waals surface area contributed by atoms with Gasteiger partial charge in [-0.05, 0) is 63.2 Å². The minimum atomic E-state index is -4.69. The van der Waals surface area contributed by atoms with Crippen LogP contribution in [0.25, 0.3) is 0 Å². The molecule has 0 unspecified atom stereocenters. The molecule has 0 aliphatic carbocycles. The number of nitrogens with one attached hydrogen (secondary N) is 1. The second-order valence-corrected chi connectivity index (χ2v) is 6.59. The molecule has 2 aromatic carbocycles. The minimum Gasteiger partial charge on any atom is -0.457 e. The molecule has 0 aromatic heterocycles. The van der Waals surface area contributed by atoms with Gasteiger partial charge in [-0.25, -0.2) is 4.79 Å². The lowest BCUT2D eigenvalue weighted by atomic mass is 10.1. The summed E-state index contributed by atoms with van der Waals surface area (Å²) in [6, 6.07) is 8.97. The molecule has 0 heterocycles. The van der Waals surface area contributed by atoms with Crippen molar-refractivity contribution < 1.29 is 27.4 Å². The fraction of sp³-hybridized carbons (Fsp3) is 0.278. The number of anilines is 1. The highest BCUT2D eigenvalue weighted by Gasteiger charge is 2.35. The van der Waals surface area contributed by atoms with Crippen molar-refractivity contribution in [2.45, 2.75) is 32.5 Å². The van der Waals surface area contributed by atoms with Crippen LogP contribution in [0.5, 0.6) is 17.2 Å². The summed E-state index contributed by atoms with van der Waals surface area (Å²) < 4.78 is 50.3. The number of halogens is 3. The zero-order valence-electron chi connectivity index (χ0n) is 14.5. The van der Waals surface area contributed by atoms with E-state index in [9.17, 15) is 18.0 Å². The first kappa shape index (κ1) is 19.4. The highest BCUT2D eigenvalue weighted by molar-refractivity contribution is 5.71. The van der Waals surface area contributed by atoms with Crippen molar-refractivity contribution in [2.24, 2.45) is 0 Å². The summed E-state index contributed by atoms with van der Waals surface area (Å²) in [7, 11) is 0. The van der Waals surface area contributed by atoms with Crippen LogP contribution in [-0.4, -0.2) is 11.6 Å². The van der Waals surface area contributed by atoms with E-state index in [1.54, 1.807) is 20.8 Å². The minimum absolute atomic E-state index is 0.198. The molecule has 0 aliphatic rings. The van der Waals surface area contributed by atoms with Gasteiger partial charge in [0.25, 0.3) is 0 Å². The number of hydrogen-bond donors (Lipinski definition) is 2. The molecule has 26 heavy (non-hydrogen) atoms. The standard InChI is InChI=1S/C18H19F3N2O3/c1-17(2,3)23-16(24)26-13-8-9-15(14(10-13)18(19,20)21)25-12-6-4-11(22)5-7-12/h4-10H,22H2,1-3H3,(H,23,24). The van der Waals surface area contributed by atoms with Crippen LogP contribution in [0.1, 0.15) is 26.3 Å². The monoisotopic (exact) mass is 368 g/mol. The average Bonchev–Trinajstić information content (AvgIpc) is 2.48. The Labute approximate surface area is 148 Å². The number of hydrogen-bond acceptors (Lipinski definition) is 4. The molecule has 1 amide bonds. The largest absolute Gasteiger partial charge is 0.457 e. The predicted octanol–water partition coefficient (Wildman–Crippen LogP) is 4.97. The van der Waals surface area contributed by atoms with Gasteiger partial charge in [0.1, 0.15) is 22.8 Å². The normalized spacial score (nSPS) is 11.8. The summed E-state index contributed by atoms with van der Waals surface area (Å²) >= 11 is 0. The number of amides is 1. The summed E-state index contributed by atoms with van der Waals surface area (Å²) in [5.41, 5.74) is 4.36. The molecular weight excluding hydrogens is 349 g/mol. The molecule has 0 saturated carbocycles. The third kappa shape index (κ3) is 5.58. The Balaban J connectivity index is 2.27. The van der Waals surface area contributed by atoms with Crippen LogP contribution in [0.4, 0.5) is 23.7 Å². The van der Waals surface area contributed by atoms with E-state index in [4.69, 9.17) is 15.2 Å². The third-order valence-electron chi connectivity index (χ3n) is 3.05. The number of carbonyl (C=O) groups is 1. The van der Waals surface area contributed by atoms with Crippen molar-refractivity contribution in [3.63, 3.8) is 0 Å². The lowest BCUT2D eigenvalue weighted by Crippen LogP contribution is -2.42. The van der Waals surface area contributed by atoms with Crippen LogP contribution < -0.4 is 20.5 Å². The Morgan fingerprint density at radius 1 is 1.00 bits per heavy atom. The maximum atomic E-state index is 13.3. The molecule has 0 spiro atoms. The topological polar surface area (TPSA) is 73.6 Å². The van der Waals surface area contributed by atoms with Gasteiger partial charge < -0.3 is 20.5 Å². The van der Waals surface area contributed by atoms with Gasteiger partial charge in [-0.15, -0.1) is 0 Å². The number of nitrogens with two attached hydrogens (primary N) is 1. The number of benzene rings is 2. The molecule has 0 bridgehead atoms. The second kappa shape index (κ2) is 7.15. The Morgan fingerprint density at radius 3 is 2.12 bits per heavy atom. The molecule has 0 fully saturated rings. The number of ether oxygens (including phenoxy) is 2. The first-order chi connectivity index (χ1) is 11.9. The summed E-state index contributed by atoms with van der Waals surface area (Å²) in [6.45, 7) is 5.16. The van der Waals surface area contributed by atoms with Crippen LogP contribution >= 0.6 is 0 Å². The van der Waals surface area contributed by atoms with Gasteiger partial charge in [0.2, 0.25) is 0 Å². The van der Waals surface area contributed by atoms with Crippen molar-refractivity contribution in [1.29, 1.82) is 0 Å². The summed E-state index contributed by atoms with van der Waals surface area (Å²) in [4.78, 5) is 11.7. The summed E-state index contributed by atoms with van der Waals surface area (Å²) in [5.74, 6) is -0.460. The van der Waals surface area contributed by atoms with Crippen LogP contribution in [0.2, 0.25) is 0 Å². The molecule has 0 saturated heterocycles. The zero-order chi connectivity index (χ0) is 19.5. The fourth-order valence-corrected chi connectivity index (χ4v) is 1.98. The van der Waals surface area contributed by atoms with Gasteiger partial charge in [-0.2, -0.15) is 13.2 Å². The van der Waals surface area contributed by atoms with Gasteiger partial charge >= 0.3 is 12.3 Å². The zero-order valence-corrected chi connectivity index (χ0v) is 14.5. The lowest BCUT2D eigenvalue weighted by molar-refractivity contribution is -0.138. The molecule has 2 aromatic rings. The quantitative estimate of drug-likeness (QED) is 0.751. The molecule has 0 atom stereocenters. The van der Waals surface area contributed by atoms with Crippen molar-refractivity contribution in [1.82, 2.24) is 5.32 Å². The van der Waals surface area contributed by atoms with E-state index in [2.05, 4.69) is 5.32 Å². The Morgan fingerprint density at radius 2 is 1.58 bits per heavy atom. The predicted molar refractivity (Wildman–Crippen MR) is 91.3 cm³/mol. The number of alkyl halides is 3. The van der Waals surface area contributed by atoms with Crippen LogP contribution in [0, 0.1) is 0 Å². The van der Waals surface area contributed by atoms with E-state index in [-0.39, 0.29) is 11.5 Å². The Kier molecular flexibility index (Phi) is 5.34.